The summed E-state index contributed by atoms with van der Waals surface area (Å²) in [6, 6.07) is 8.66. The van der Waals surface area contributed by atoms with Gasteiger partial charge in [-0.05, 0) is 108 Å². The van der Waals surface area contributed by atoms with Gasteiger partial charge in [-0.1, -0.05) is 71.3 Å². The highest BCUT2D eigenvalue weighted by Crippen LogP contribution is 2.71. The van der Waals surface area contributed by atoms with Crippen LogP contribution in [0.3, 0.4) is 0 Å². The minimum Gasteiger partial charge on any atom is -0.481 e. The molecule has 2 heterocycles. The molecule has 3 aliphatic carbocycles. The van der Waals surface area contributed by atoms with E-state index < -0.39 is 17.4 Å². The first-order chi connectivity index (χ1) is 26.0. The highest BCUT2D eigenvalue weighted by molar-refractivity contribution is 6.31. The van der Waals surface area contributed by atoms with E-state index in [1.54, 1.807) is 13.8 Å². The normalized spacial score (nSPS) is 35.3. The van der Waals surface area contributed by atoms with E-state index in [1.807, 2.05) is 12.1 Å². The molecule has 6 rings (SSSR count). The minimum atomic E-state index is -1.15. The van der Waals surface area contributed by atoms with Crippen LogP contribution in [0.1, 0.15) is 125 Å². The van der Waals surface area contributed by atoms with E-state index >= 15 is 0 Å². The zero-order chi connectivity index (χ0) is 41.2. The summed E-state index contributed by atoms with van der Waals surface area (Å²) < 4.78 is 7.12. The third-order valence-electron chi connectivity index (χ3n) is 16.5. The number of hydrogen-bond acceptors (Lipinski definition) is 6. The van der Waals surface area contributed by atoms with Gasteiger partial charge in [-0.15, -0.1) is 0 Å². The number of aliphatic carboxylic acids is 1. The van der Waals surface area contributed by atoms with Crippen molar-refractivity contribution in [2.45, 2.75) is 138 Å². The summed E-state index contributed by atoms with van der Waals surface area (Å²) in [4.78, 5) is 44.1. The van der Waals surface area contributed by atoms with Crippen molar-refractivity contribution in [3.63, 3.8) is 0 Å². The van der Waals surface area contributed by atoms with E-state index in [0.29, 0.717) is 30.1 Å². The lowest BCUT2D eigenvalue weighted by atomic mass is 9.40. The number of nitrogens with zero attached hydrogens (tertiary/aromatic N) is 3. The number of rotatable bonds is 13. The first-order valence-electron chi connectivity index (χ1n) is 21.7. The van der Waals surface area contributed by atoms with Crippen LogP contribution >= 0.6 is 11.6 Å². The number of carboxylic acid groups (broad SMARTS) is 1. The zero-order valence-electron chi connectivity index (χ0n) is 36.6. The lowest BCUT2D eigenvalue weighted by molar-refractivity contribution is -0.925. The number of halogens is 1. The number of carboxylic acids is 1. The van der Waals surface area contributed by atoms with Gasteiger partial charge in [0, 0.05) is 54.7 Å². The maximum Gasteiger partial charge on any atom is 0.309 e. The molecule has 0 spiro atoms. The first-order valence-corrected chi connectivity index (χ1v) is 22.1. The number of ether oxygens (including phenoxy) is 1. The Morgan fingerprint density at radius 2 is 1.64 bits per heavy atom. The lowest BCUT2D eigenvalue weighted by Crippen LogP contribution is -2.72. The van der Waals surface area contributed by atoms with Crippen LogP contribution in [0.5, 0.6) is 0 Å². The second kappa shape index (κ2) is 15.4. The maximum absolute atomic E-state index is 14.3. The fraction of sp³-hybridized carbons (Fsp3) is 0.766. The minimum absolute atomic E-state index is 0.103. The number of Topliss-reactive ketones (excluding diaryl/α,β-unsaturated/α-hetero) is 1. The Balaban J connectivity index is 1.27. The SMILES string of the molecule is CC(C)C1=C2C(CCN(CCN(C)C)Cc3ccccc3Cl)(CCC3C4(C)CCC5C(C)(C)C(OC(=O)CC(C)(C)C(=O)O)CCC5(C)C4CC[N+]23C)CC1=O. The van der Waals surface area contributed by atoms with Crippen LogP contribution in [0, 0.1) is 44.8 Å². The van der Waals surface area contributed by atoms with Gasteiger partial charge >= 0.3 is 11.9 Å². The molecule has 56 heavy (non-hydrogen) atoms. The van der Waals surface area contributed by atoms with E-state index in [0.717, 1.165) is 105 Å². The maximum atomic E-state index is 14.3. The summed E-state index contributed by atoms with van der Waals surface area (Å²) in [5, 5.41) is 10.5. The Labute approximate surface area is 343 Å². The van der Waals surface area contributed by atoms with Gasteiger partial charge in [0.05, 0.1) is 42.5 Å². The van der Waals surface area contributed by atoms with Crippen molar-refractivity contribution in [1.29, 1.82) is 0 Å². The van der Waals surface area contributed by atoms with Crippen molar-refractivity contribution in [1.82, 2.24) is 9.80 Å². The predicted octanol–water partition coefficient (Wildman–Crippen LogP) is 9.25. The molecule has 0 bridgehead atoms. The molecule has 1 aromatic carbocycles. The number of ketones is 1. The number of carbonyl (C=O) groups is 3. The highest BCUT2D eigenvalue weighted by atomic mass is 35.5. The van der Waals surface area contributed by atoms with Crippen LogP contribution in [0.15, 0.2) is 35.5 Å². The van der Waals surface area contributed by atoms with Gasteiger partial charge in [-0.3, -0.25) is 23.8 Å². The first kappa shape index (κ1) is 43.3. The molecule has 0 amide bonds. The molecular formula is C47H73ClN3O5+. The summed E-state index contributed by atoms with van der Waals surface area (Å²) in [6.45, 7) is 22.1. The molecule has 5 aliphatic rings. The molecule has 0 radical (unpaired) electrons. The van der Waals surface area contributed by atoms with Crippen LogP contribution in [-0.4, -0.2) is 96.6 Å². The number of benzene rings is 1. The number of piperidine rings is 2. The quantitative estimate of drug-likeness (QED) is 0.157. The Morgan fingerprint density at radius 3 is 2.29 bits per heavy atom. The number of quaternary nitrogens is 1. The number of likely N-dealkylation sites (N-methyl/N-ethyl adjacent to an activating group) is 1. The average molecular weight is 796 g/mol. The molecule has 2 aliphatic heterocycles. The Hall–Kier alpha value is -2.26. The van der Waals surface area contributed by atoms with Crippen LogP contribution in [-0.2, 0) is 25.7 Å². The highest BCUT2D eigenvalue weighted by Gasteiger charge is 2.71. The zero-order valence-corrected chi connectivity index (χ0v) is 37.4. The van der Waals surface area contributed by atoms with Gasteiger partial charge in [0.2, 0.25) is 0 Å². The summed E-state index contributed by atoms with van der Waals surface area (Å²) >= 11 is 6.70. The van der Waals surface area contributed by atoms with Crippen LogP contribution in [0.2, 0.25) is 5.02 Å². The number of hydrogen-bond donors (Lipinski definition) is 1. The third kappa shape index (κ3) is 7.45. The van der Waals surface area contributed by atoms with E-state index in [1.165, 1.54) is 5.70 Å². The molecule has 0 aromatic heterocycles. The molecule has 8 unspecified atom stereocenters. The molecule has 9 heteroatoms. The molecule has 312 valence electrons. The van der Waals surface area contributed by atoms with E-state index in [2.05, 4.69) is 84.6 Å². The van der Waals surface area contributed by atoms with Gasteiger partial charge in [0.15, 0.2) is 5.78 Å². The number of fused-ring (bicyclic) bond motifs is 7. The Kier molecular flexibility index (Phi) is 11.9. The lowest BCUT2D eigenvalue weighted by Gasteiger charge is -2.70. The van der Waals surface area contributed by atoms with Crippen molar-refractivity contribution in [2.75, 3.05) is 47.3 Å². The largest absolute Gasteiger partial charge is 0.481 e. The smallest absolute Gasteiger partial charge is 0.309 e. The average Bonchev–Trinajstić information content (AvgIpc) is 3.41. The summed E-state index contributed by atoms with van der Waals surface area (Å²) in [7, 11) is 6.78. The van der Waals surface area contributed by atoms with Crippen molar-refractivity contribution >= 4 is 29.3 Å². The van der Waals surface area contributed by atoms with Gasteiger partial charge < -0.3 is 14.7 Å². The second-order valence-corrected chi connectivity index (χ2v) is 21.8. The molecule has 8 atom stereocenters. The monoisotopic (exact) mass is 795 g/mol. The molecule has 2 saturated carbocycles. The number of esters is 1. The van der Waals surface area contributed by atoms with Crippen molar-refractivity contribution < 1.29 is 28.7 Å². The topological polar surface area (TPSA) is 87.2 Å². The fourth-order valence-electron chi connectivity index (χ4n) is 13.7. The molecule has 1 N–H and O–H groups in total. The van der Waals surface area contributed by atoms with Crippen LogP contribution < -0.4 is 0 Å². The third-order valence-corrected chi connectivity index (χ3v) is 16.8. The number of allylic oxidation sites excluding steroid dienone is 2. The van der Waals surface area contributed by atoms with Crippen LogP contribution in [0.25, 0.3) is 0 Å². The van der Waals surface area contributed by atoms with Gasteiger partial charge in [-0.25, -0.2) is 0 Å². The van der Waals surface area contributed by atoms with Gasteiger partial charge in [0.1, 0.15) is 11.8 Å². The molecule has 4 fully saturated rings. The summed E-state index contributed by atoms with van der Waals surface area (Å²) in [5.74, 6) is 0.131. The van der Waals surface area contributed by atoms with Crippen molar-refractivity contribution in [3.05, 3.63) is 46.1 Å². The number of carbonyl (C=O) groups excluding carboxylic acids is 2. The predicted molar refractivity (Wildman–Crippen MR) is 224 cm³/mol. The molecular weight excluding hydrogens is 722 g/mol. The fourth-order valence-corrected chi connectivity index (χ4v) is 13.9. The Morgan fingerprint density at radius 1 is 0.964 bits per heavy atom. The van der Waals surface area contributed by atoms with E-state index in [4.69, 9.17) is 16.3 Å². The van der Waals surface area contributed by atoms with E-state index in [9.17, 15) is 19.5 Å². The van der Waals surface area contributed by atoms with Gasteiger partial charge in [-0.2, -0.15) is 0 Å². The van der Waals surface area contributed by atoms with Crippen molar-refractivity contribution in [2.24, 2.45) is 44.8 Å². The molecule has 8 nitrogen and oxygen atoms in total. The standard InChI is InChI=1S/C47H72ClN3O5/c1-31(2)40-34(52)28-47(23-24-50(26-25-49(9)10)30-32-14-12-13-15-33(32)48)22-17-37-46(8)20-16-35-44(5,6)38(56-39(53)29-43(3,4)42(54)55)18-21-45(35,7)36(46)19-27-51(37,11)41(40)47/h12-15,31,35-38H,16-30H2,1-11H3/p+1. The Bertz CT molecular complexity index is 1720. The summed E-state index contributed by atoms with van der Waals surface area (Å²) in [5.41, 5.74) is 2.49. The molecule has 1 aromatic rings. The van der Waals surface area contributed by atoms with Gasteiger partial charge in [0.25, 0.3) is 0 Å². The van der Waals surface area contributed by atoms with E-state index in [-0.39, 0.29) is 40.1 Å². The van der Waals surface area contributed by atoms with Crippen LogP contribution in [0.4, 0.5) is 0 Å². The second-order valence-electron chi connectivity index (χ2n) is 21.4. The summed E-state index contributed by atoms with van der Waals surface area (Å²) in [6.07, 6.45) is 8.65. The van der Waals surface area contributed by atoms with Crippen molar-refractivity contribution in [3.8, 4) is 0 Å². The molecule has 2 saturated heterocycles.